The highest BCUT2D eigenvalue weighted by Crippen LogP contribution is 2.07. The number of hydrogen-bond donors (Lipinski definition) is 1. The van der Waals surface area contributed by atoms with Crippen LogP contribution in [0.5, 0.6) is 0 Å². The van der Waals surface area contributed by atoms with Crippen LogP contribution in [0, 0.1) is 0 Å². The molecule has 0 aliphatic rings. The van der Waals surface area contributed by atoms with Crippen LogP contribution in [0.15, 0.2) is 30.3 Å². The second kappa shape index (κ2) is 6.39. The van der Waals surface area contributed by atoms with Gasteiger partial charge < -0.3 is 5.32 Å². The van der Waals surface area contributed by atoms with Gasteiger partial charge in [-0.2, -0.15) is 0 Å². The van der Waals surface area contributed by atoms with E-state index in [1.807, 2.05) is 7.05 Å². The fraction of sp³-hybridized carbons (Fsp3) is 0.385. The second-order valence-corrected chi connectivity index (χ2v) is 3.39. The lowest BCUT2D eigenvalue weighted by Crippen LogP contribution is -2.05. The van der Waals surface area contributed by atoms with Crippen molar-refractivity contribution in [2.24, 2.45) is 0 Å². The lowest BCUT2D eigenvalue weighted by molar-refractivity contribution is 0.809. The SMILES string of the molecule is CCc1cccc(C=CCCNC)c1. The molecule has 0 aromatic heterocycles. The van der Waals surface area contributed by atoms with Crippen molar-refractivity contribution in [1.82, 2.24) is 5.32 Å². The molecule has 0 amide bonds. The fourth-order valence-electron chi connectivity index (χ4n) is 1.36. The molecule has 1 N–H and O–H groups in total. The molecule has 1 aromatic rings. The molecule has 0 unspecified atom stereocenters. The molecule has 76 valence electrons. The average Bonchev–Trinajstić information content (AvgIpc) is 2.25. The summed E-state index contributed by atoms with van der Waals surface area (Å²) in [5.41, 5.74) is 2.71. The van der Waals surface area contributed by atoms with Gasteiger partial charge in [0.25, 0.3) is 0 Å². The Balaban J connectivity index is 2.53. The average molecular weight is 189 g/mol. The van der Waals surface area contributed by atoms with Gasteiger partial charge in [0.05, 0.1) is 0 Å². The van der Waals surface area contributed by atoms with E-state index >= 15 is 0 Å². The Labute approximate surface area is 86.8 Å². The highest BCUT2D eigenvalue weighted by Gasteiger charge is 1.89. The summed E-state index contributed by atoms with van der Waals surface area (Å²) in [6.07, 6.45) is 6.60. The standard InChI is InChI=1S/C13H19N/c1-3-12-8-6-9-13(11-12)7-4-5-10-14-2/h4,6-9,11,14H,3,5,10H2,1-2H3. The molecule has 0 heterocycles. The maximum Gasteiger partial charge on any atom is -0.00172 e. The molecule has 0 spiro atoms. The van der Waals surface area contributed by atoms with Gasteiger partial charge in [-0.3, -0.25) is 0 Å². The summed E-state index contributed by atoms with van der Waals surface area (Å²) in [5.74, 6) is 0. The van der Waals surface area contributed by atoms with Crippen LogP contribution in [-0.2, 0) is 6.42 Å². The van der Waals surface area contributed by atoms with Gasteiger partial charge in [-0.1, -0.05) is 43.3 Å². The predicted molar refractivity (Wildman–Crippen MR) is 63.4 cm³/mol. The van der Waals surface area contributed by atoms with Crippen LogP contribution < -0.4 is 5.32 Å². The summed E-state index contributed by atoms with van der Waals surface area (Å²) in [6, 6.07) is 8.69. The summed E-state index contributed by atoms with van der Waals surface area (Å²) in [7, 11) is 1.98. The zero-order valence-corrected chi connectivity index (χ0v) is 9.09. The molecule has 0 saturated heterocycles. The molecule has 0 atom stereocenters. The summed E-state index contributed by atoms with van der Waals surface area (Å²) in [5, 5.41) is 3.13. The molecule has 1 heteroatoms. The third-order valence-corrected chi connectivity index (χ3v) is 2.23. The van der Waals surface area contributed by atoms with Crippen molar-refractivity contribution in [3.8, 4) is 0 Å². The van der Waals surface area contributed by atoms with Gasteiger partial charge in [-0.25, -0.2) is 0 Å². The maximum atomic E-state index is 3.13. The van der Waals surface area contributed by atoms with E-state index in [1.165, 1.54) is 11.1 Å². The topological polar surface area (TPSA) is 12.0 Å². The Morgan fingerprint density at radius 1 is 1.36 bits per heavy atom. The van der Waals surface area contributed by atoms with Gasteiger partial charge in [0.2, 0.25) is 0 Å². The molecule has 0 aliphatic carbocycles. The minimum absolute atomic E-state index is 1.05. The van der Waals surface area contributed by atoms with E-state index in [1.54, 1.807) is 0 Å². The van der Waals surface area contributed by atoms with Gasteiger partial charge in [0.1, 0.15) is 0 Å². The van der Waals surface area contributed by atoms with Crippen molar-refractivity contribution < 1.29 is 0 Å². The van der Waals surface area contributed by atoms with Crippen molar-refractivity contribution in [2.75, 3.05) is 13.6 Å². The van der Waals surface area contributed by atoms with Crippen LogP contribution in [0.3, 0.4) is 0 Å². The number of aryl methyl sites for hydroxylation is 1. The van der Waals surface area contributed by atoms with E-state index in [4.69, 9.17) is 0 Å². The van der Waals surface area contributed by atoms with E-state index in [0.29, 0.717) is 0 Å². The monoisotopic (exact) mass is 189 g/mol. The summed E-state index contributed by atoms with van der Waals surface area (Å²) in [4.78, 5) is 0. The molecule has 1 nitrogen and oxygen atoms in total. The smallest absolute Gasteiger partial charge is 0.00172 e. The molecule has 0 fully saturated rings. The van der Waals surface area contributed by atoms with Gasteiger partial charge in [-0.15, -0.1) is 0 Å². The molecule has 1 rings (SSSR count). The Hall–Kier alpha value is -1.08. The quantitative estimate of drug-likeness (QED) is 0.702. The lowest BCUT2D eigenvalue weighted by Gasteiger charge is -1.98. The summed E-state index contributed by atoms with van der Waals surface area (Å²) in [6.45, 7) is 3.23. The third-order valence-electron chi connectivity index (χ3n) is 2.23. The van der Waals surface area contributed by atoms with E-state index in [2.05, 4.69) is 48.7 Å². The minimum Gasteiger partial charge on any atom is -0.319 e. The van der Waals surface area contributed by atoms with Crippen LogP contribution in [-0.4, -0.2) is 13.6 Å². The third kappa shape index (κ3) is 3.75. The molecular weight excluding hydrogens is 170 g/mol. The Bertz CT molecular complexity index is 289. The number of benzene rings is 1. The minimum atomic E-state index is 1.05. The summed E-state index contributed by atoms with van der Waals surface area (Å²) >= 11 is 0. The second-order valence-electron chi connectivity index (χ2n) is 3.39. The van der Waals surface area contributed by atoms with E-state index < -0.39 is 0 Å². The number of rotatable bonds is 5. The molecule has 0 radical (unpaired) electrons. The van der Waals surface area contributed by atoms with E-state index in [9.17, 15) is 0 Å². The predicted octanol–water partition coefficient (Wildman–Crippen LogP) is 2.87. The van der Waals surface area contributed by atoms with E-state index in [-0.39, 0.29) is 0 Å². The Morgan fingerprint density at radius 3 is 2.93 bits per heavy atom. The van der Waals surface area contributed by atoms with Crippen LogP contribution >= 0.6 is 0 Å². The largest absolute Gasteiger partial charge is 0.319 e. The van der Waals surface area contributed by atoms with Crippen molar-refractivity contribution in [2.45, 2.75) is 19.8 Å². The van der Waals surface area contributed by atoms with Crippen LogP contribution in [0.4, 0.5) is 0 Å². The zero-order chi connectivity index (χ0) is 10.2. The van der Waals surface area contributed by atoms with Gasteiger partial charge in [0, 0.05) is 0 Å². The number of nitrogens with one attached hydrogen (secondary N) is 1. The van der Waals surface area contributed by atoms with Gasteiger partial charge in [-0.05, 0) is 37.6 Å². The molecular formula is C13H19N. The first-order valence-electron chi connectivity index (χ1n) is 5.27. The van der Waals surface area contributed by atoms with Gasteiger partial charge in [0.15, 0.2) is 0 Å². The van der Waals surface area contributed by atoms with Crippen LogP contribution in [0.25, 0.3) is 6.08 Å². The highest BCUT2D eigenvalue weighted by atomic mass is 14.8. The Morgan fingerprint density at radius 2 is 2.21 bits per heavy atom. The van der Waals surface area contributed by atoms with Crippen molar-refractivity contribution >= 4 is 6.08 Å². The normalized spacial score (nSPS) is 11.0. The van der Waals surface area contributed by atoms with Crippen molar-refractivity contribution in [3.63, 3.8) is 0 Å². The summed E-state index contributed by atoms with van der Waals surface area (Å²) < 4.78 is 0. The van der Waals surface area contributed by atoms with Gasteiger partial charge >= 0.3 is 0 Å². The fourth-order valence-corrected chi connectivity index (χ4v) is 1.36. The highest BCUT2D eigenvalue weighted by molar-refractivity contribution is 5.50. The molecule has 1 aromatic carbocycles. The molecule has 0 saturated carbocycles. The maximum absolute atomic E-state index is 3.13. The van der Waals surface area contributed by atoms with Crippen LogP contribution in [0.2, 0.25) is 0 Å². The molecule has 0 bridgehead atoms. The van der Waals surface area contributed by atoms with E-state index in [0.717, 1.165) is 19.4 Å². The first-order valence-corrected chi connectivity index (χ1v) is 5.27. The first-order chi connectivity index (χ1) is 6.86. The lowest BCUT2D eigenvalue weighted by atomic mass is 10.1. The van der Waals surface area contributed by atoms with Crippen molar-refractivity contribution in [1.29, 1.82) is 0 Å². The van der Waals surface area contributed by atoms with Crippen molar-refractivity contribution in [3.05, 3.63) is 41.5 Å². The Kier molecular flexibility index (Phi) is 5.02. The zero-order valence-electron chi connectivity index (χ0n) is 9.09. The number of hydrogen-bond acceptors (Lipinski definition) is 1. The first kappa shape index (κ1) is 11.0. The van der Waals surface area contributed by atoms with Crippen LogP contribution in [0.1, 0.15) is 24.5 Å². The molecule has 0 aliphatic heterocycles. The molecule has 14 heavy (non-hydrogen) atoms.